The lowest BCUT2D eigenvalue weighted by Crippen LogP contribution is -2.33. The largest absolute Gasteiger partial charge is 0.326 e. The summed E-state index contributed by atoms with van der Waals surface area (Å²) in [5.74, 6) is 0.948. The van der Waals surface area contributed by atoms with Gasteiger partial charge in [-0.3, -0.25) is 0 Å². The third-order valence-corrected chi connectivity index (χ3v) is 4.28. The van der Waals surface area contributed by atoms with Gasteiger partial charge >= 0.3 is 0 Å². The predicted octanol–water partition coefficient (Wildman–Crippen LogP) is 2.66. The monoisotopic (exact) mass is 246 g/mol. The number of nitrogens with two attached hydrogens (primary N) is 1. The fourth-order valence-electron chi connectivity index (χ4n) is 3.04. The van der Waals surface area contributed by atoms with Crippen LogP contribution in [0.5, 0.6) is 0 Å². The van der Waals surface area contributed by atoms with Crippen LogP contribution in [-0.4, -0.2) is 30.6 Å². The molecule has 1 saturated heterocycles. The van der Waals surface area contributed by atoms with E-state index >= 15 is 0 Å². The minimum absolute atomic E-state index is 0. The van der Waals surface area contributed by atoms with Gasteiger partial charge in [-0.05, 0) is 50.0 Å². The summed E-state index contributed by atoms with van der Waals surface area (Å²) >= 11 is 0. The molecule has 0 spiro atoms. The topological polar surface area (TPSA) is 29.3 Å². The molecule has 3 heteroatoms. The summed E-state index contributed by atoms with van der Waals surface area (Å²) in [6.45, 7) is 8.51. The summed E-state index contributed by atoms with van der Waals surface area (Å²) in [7, 11) is 0. The summed E-state index contributed by atoms with van der Waals surface area (Å²) in [5, 5.41) is 0. The highest BCUT2D eigenvalue weighted by Gasteiger charge is 2.29. The molecule has 0 aromatic heterocycles. The predicted molar refractivity (Wildman–Crippen MR) is 72.0 cm³/mol. The Bertz CT molecular complexity index is 208. The van der Waals surface area contributed by atoms with Gasteiger partial charge < -0.3 is 10.6 Å². The molecule has 1 aliphatic heterocycles. The average molecular weight is 247 g/mol. The van der Waals surface area contributed by atoms with Gasteiger partial charge in [0.25, 0.3) is 0 Å². The maximum Gasteiger partial charge on any atom is 0.0180 e. The van der Waals surface area contributed by atoms with Gasteiger partial charge in [-0.2, -0.15) is 0 Å². The lowest BCUT2D eigenvalue weighted by atomic mass is 9.73. The van der Waals surface area contributed by atoms with Crippen molar-refractivity contribution in [3.8, 4) is 0 Å². The highest BCUT2D eigenvalue weighted by atomic mass is 35.5. The molecule has 16 heavy (non-hydrogen) atoms. The summed E-state index contributed by atoms with van der Waals surface area (Å²) < 4.78 is 0. The van der Waals surface area contributed by atoms with Gasteiger partial charge in [0.1, 0.15) is 0 Å². The molecule has 2 rings (SSSR count). The van der Waals surface area contributed by atoms with Crippen molar-refractivity contribution in [2.45, 2.75) is 52.0 Å². The third kappa shape index (κ3) is 3.90. The Kier molecular flexibility index (Phi) is 5.09. The first-order valence-electron chi connectivity index (χ1n) is 6.53. The Morgan fingerprint density at radius 3 is 2.31 bits per heavy atom. The fourth-order valence-corrected chi connectivity index (χ4v) is 3.04. The summed E-state index contributed by atoms with van der Waals surface area (Å²) in [5.41, 5.74) is 6.54. The van der Waals surface area contributed by atoms with Crippen molar-refractivity contribution in [3.63, 3.8) is 0 Å². The van der Waals surface area contributed by atoms with Crippen LogP contribution in [0.25, 0.3) is 0 Å². The van der Waals surface area contributed by atoms with E-state index in [0.717, 1.165) is 12.5 Å². The second-order valence-corrected chi connectivity index (χ2v) is 6.42. The number of likely N-dealkylation sites (tertiary alicyclic amines) is 1. The maximum absolute atomic E-state index is 5.93. The van der Waals surface area contributed by atoms with Crippen LogP contribution in [0.1, 0.15) is 46.0 Å². The van der Waals surface area contributed by atoms with Gasteiger partial charge in [-0.1, -0.05) is 13.8 Å². The van der Waals surface area contributed by atoms with Crippen molar-refractivity contribution in [2.24, 2.45) is 17.1 Å². The number of hydrogen-bond donors (Lipinski definition) is 1. The van der Waals surface area contributed by atoms with E-state index in [2.05, 4.69) is 18.7 Å². The summed E-state index contributed by atoms with van der Waals surface area (Å²) in [6, 6.07) is 0.449. The zero-order valence-corrected chi connectivity index (χ0v) is 11.6. The first-order valence-corrected chi connectivity index (χ1v) is 6.53. The van der Waals surface area contributed by atoms with Crippen molar-refractivity contribution in [1.82, 2.24) is 4.90 Å². The Morgan fingerprint density at radius 1 is 1.19 bits per heavy atom. The molecule has 96 valence electrons. The van der Waals surface area contributed by atoms with Crippen molar-refractivity contribution in [2.75, 3.05) is 19.6 Å². The Morgan fingerprint density at radius 2 is 1.81 bits per heavy atom. The molecule has 1 saturated carbocycles. The molecule has 0 amide bonds. The van der Waals surface area contributed by atoms with Crippen LogP contribution in [-0.2, 0) is 0 Å². The van der Waals surface area contributed by atoms with E-state index in [1.165, 1.54) is 45.2 Å². The van der Waals surface area contributed by atoms with E-state index in [1.54, 1.807) is 0 Å². The molecule has 2 nitrogen and oxygen atoms in total. The number of halogens is 1. The molecule has 0 unspecified atom stereocenters. The van der Waals surface area contributed by atoms with Gasteiger partial charge in [0, 0.05) is 19.1 Å². The van der Waals surface area contributed by atoms with Crippen LogP contribution in [0, 0.1) is 11.3 Å². The summed E-state index contributed by atoms with van der Waals surface area (Å²) in [6.07, 6.45) is 6.89. The van der Waals surface area contributed by atoms with Crippen molar-refractivity contribution >= 4 is 12.4 Å². The number of rotatable bonds is 2. The zero-order valence-electron chi connectivity index (χ0n) is 10.7. The maximum atomic E-state index is 5.93. The van der Waals surface area contributed by atoms with Gasteiger partial charge in [0.15, 0.2) is 0 Å². The lowest BCUT2D eigenvalue weighted by molar-refractivity contribution is 0.155. The average Bonchev–Trinajstić information content (AvgIpc) is 2.55. The second-order valence-electron chi connectivity index (χ2n) is 6.42. The third-order valence-electron chi connectivity index (χ3n) is 4.28. The smallest absolute Gasteiger partial charge is 0.0180 e. The van der Waals surface area contributed by atoms with Crippen molar-refractivity contribution in [3.05, 3.63) is 0 Å². The molecule has 0 bridgehead atoms. The first kappa shape index (κ1) is 14.3. The SMILES string of the molecule is CC1(C)CCC(CN2CC[C@H](N)C2)CC1.Cl. The highest BCUT2D eigenvalue weighted by molar-refractivity contribution is 5.85. The van der Waals surface area contributed by atoms with Gasteiger partial charge in [-0.15, -0.1) is 12.4 Å². The molecular formula is C13H27ClN2. The molecule has 2 aliphatic rings. The Hall–Kier alpha value is 0.210. The van der Waals surface area contributed by atoms with Gasteiger partial charge in [0.05, 0.1) is 0 Å². The van der Waals surface area contributed by atoms with Gasteiger partial charge in [0.2, 0.25) is 0 Å². The van der Waals surface area contributed by atoms with Crippen LogP contribution in [0.3, 0.4) is 0 Å². The van der Waals surface area contributed by atoms with E-state index in [0.29, 0.717) is 11.5 Å². The molecule has 1 atom stereocenters. The van der Waals surface area contributed by atoms with Crippen LogP contribution in [0.2, 0.25) is 0 Å². The molecule has 1 heterocycles. The first-order chi connectivity index (χ1) is 7.05. The molecule has 2 fully saturated rings. The standard InChI is InChI=1S/C13H26N2.ClH/c1-13(2)6-3-11(4-7-13)9-15-8-5-12(14)10-15;/h11-12H,3-10,14H2,1-2H3;1H/t12-;/m0./s1. The van der Waals surface area contributed by atoms with Gasteiger partial charge in [-0.25, -0.2) is 0 Å². The second kappa shape index (κ2) is 5.70. The normalized spacial score (nSPS) is 31.3. The minimum Gasteiger partial charge on any atom is -0.326 e. The summed E-state index contributed by atoms with van der Waals surface area (Å²) in [4.78, 5) is 2.58. The Labute approximate surface area is 106 Å². The zero-order chi connectivity index (χ0) is 10.9. The minimum atomic E-state index is 0. The fraction of sp³-hybridized carbons (Fsp3) is 1.00. The molecule has 0 aromatic rings. The van der Waals surface area contributed by atoms with E-state index in [4.69, 9.17) is 5.73 Å². The quantitative estimate of drug-likeness (QED) is 0.812. The van der Waals surface area contributed by atoms with E-state index in [-0.39, 0.29) is 12.4 Å². The number of nitrogens with zero attached hydrogens (tertiary/aromatic N) is 1. The molecule has 0 radical (unpaired) electrons. The number of hydrogen-bond acceptors (Lipinski definition) is 2. The lowest BCUT2D eigenvalue weighted by Gasteiger charge is -2.35. The van der Waals surface area contributed by atoms with E-state index in [1.807, 2.05) is 0 Å². The van der Waals surface area contributed by atoms with E-state index < -0.39 is 0 Å². The Balaban J connectivity index is 0.00000128. The van der Waals surface area contributed by atoms with E-state index in [9.17, 15) is 0 Å². The van der Waals surface area contributed by atoms with Crippen LogP contribution < -0.4 is 5.73 Å². The molecular weight excluding hydrogens is 220 g/mol. The molecule has 2 N–H and O–H groups in total. The molecule has 0 aromatic carbocycles. The van der Waals surface area contributed by atoms with Crippen LogP contribution in [0.15, 0.2) is 0 Å². The van der Waals surface area contributed by atoms with Crippen LogP contribution >= 0.6 is 12.4 Å². The highest BCUT2D eigenvalue weighted by Crippen LogP contribution is 2.38. The molecule has 1 aliphatic carbocycles. The van der Waals surface area contributed by atoms with Crippen molar-refractivity contribution < 1.29 is 0 Å². The van der Waals surface area contributed by atoms with Crippen LogP contribution in [0.4, 0.5) is 0 Å². The van der Waals surface area contributed by atoms with Crippen molar-refractivity contribution in [1.29, 1.82) is 0 Å².